The van der Waals surface area contributed by atoms with Gasteiger partial charge in [-0.25, -0.2) is 0 Å². The lowest BCUT2D eigenvalue weighted by molar-refractivity contribution is -0.120. The Morgan fingerprint density at radius 1 is 0.917 bits per heavy atom. The van der Waals surface area contributed by atoms with Crippen LogP contribution in [0.3, 0.4) is 0 Å². The highest BCUT2D eigenvalue weighted by atomic mass is 16.2. The van der Waals surface area contributed by atoms with Crippen molar-refractivity contribution >= 4 is 23.2 Å². The van der Waals surface area contributed by atoms with Crippen molar-refractivity contribution in [2.45, 2.75) is 12.8 Å². The summed E-state index contributed by atoms with van der Waals surface area (Å²) in [5.74, 6) is -0.0832. The first-order valence-corrected chi connectivity index (χ1v) is 8.20. The first-order chi connectivity index (χ1) is 11.7. The first-order valence-electron chi connectivity index (χ1n) is 8.20. The van der Waals surface area contributed by atoms with E-state index in [1.807, 2.05) is 18.2 Å². The fraction of sp³-hybridized carbons (Fsp3) is 0.263. The van der Waals surface area contributed by atoms with Gasteiger partial charge in [-0.3, -0.25) is 9.59 Å². The Kier molecular flexibility index (Phi) is 5.23. The van der Waals surface area contributed by atoms with Gasteiger partial charge in [0.1, 0.15) is 0 Å². The Balaban J connectivity index is 1.57. The van der Waals surface area contributed by atoms with E-state index in [2.05, 4.69) is 16.0 Å². The van der Waals surface area contributed by atoms with Crippen LogP contribution >= 0.6 is 0 Å². The van der Waals surface area contributed by atoms with Crippen molar-refractivity contribution in [3.8, 4) is 0 Å². The van der Waals surface area contributed by atoms with Crippen molar-refractivity contribution in [2.75, 3.05) is 23.7 Å². The molecule has 1 fully saturated rings. The minimum atomic E-state index is -0.152. The zero-order valence-corrected chi connectivity index (χ0v) is 13.4. The summed E-state index contributed by atoms with van der Waals surface area (Å²) in [6.07, 6.45) is 1.95. The molecule has 2 aromatic rings. The van der Waals surface area contributed by atoms with Crippen LogP contribution in [0.5, 0.6) is 0 Å². The third-order valence-electron chi connectivity index (χ3n) is 4.11. The number of amides is 2. The number of hydrogen-bond donors (Lipinski definition) is 3. The van der Waals surface area contributed by atoms with Crippen LogP contribution in [0.1, 0.15) is 23.2 Å². The maximum atomic E-state index is 12.2. The highest BCUT2D eigenvalue weighted by Crippen LogP contribution is 2.17. The summed E-state index contributed by atoms with van der Waals surface area (Å²) in [4.78, 5) is 24.3. The molecule has 24 heavy (non-hydrogen) atoms. The molecule has 5 heteroatoms. The molecule has 0 spiro atoms. The predicted molar refractivity (Wildman–Crippen MR) is 95.1 cm³/mol. The SMILES string of the molecule is O=C(Nc1ccc(NC(=O)C2CCCNC2)cc1)c1ccccc1. The number of hydrogen-bond acceptors (Lipinski definition) is 3. The van der Waals surface area contributed by atoms with Crippen molar-refractivity contribution in [2.24, 2.45) is 5.92 Å². The monoisotopic (exact) mass is 323 g/mol. The summed E-state index contributed by atoms with van der Waals surface area (Å²) in [5.41, 5.74) is 2.05. The molecule has 3 rings (SSSR count). The quantitative estimate of drug-likeness (QED) is 0.810. The number of anilines is 2. The van der Waals surface area contributed by atoms with Crippen LogP contribution in [-0.2, 0) is 4.79 Å². The minimum absolute atomic E-state index is 0.0243. The molecule has 124 valence electrons. The molecule has 0 radical (unpaired) electrons. The average molecular weight is 323 g/mol. The van der Waals surface area contributed by atoms with Gasteiger partial charge in [-0.05, 0) is 55.8 Å². The number of carbonyl (C=O) groups is 2. The normalized spacial score (nSPS) is 17.1. The van der Waals surface area contributed by atoms with Crippen molar-refractivity contribution in [3.63, 3.8) is 0 Å². The lowest BCUT2D eigenvalue weighted by atomic mass is 9.99. The lowest BCUT2D eigenvalue weighted by Crippen LogP contribution is -2.37. The Bertz CT molecular complexity index is 692. The molecule has 1 aliphatic rings. The van der Waals surface area contributed by atoms with Gasteiger partial charge in [0.05, 0.1) is 5.92 Å². The molecule has 1 aliphatic heterocycles. The number of rotatable bonds is 4. The van der Waals surface area contributed by atoms with Gasteiger partial charge in [0.25, 0.3) is 5.91 Å². The molecule has 0 saturated carbocycles. The minimum Gasteiger partial charge on any atom is -0.326 e. The first kappa shape index (κ1) is 16.2. The van der Waals surface area contributed by atoms with Crippen molar-refractivity contribution in [1.29, 1.82) is 0 Å². The van der Waals surface area contributed by atoms with Gasteiger partial charge in [0.2, 0.25) is 5.91 Å². The number of nitrogens with one attached hydrogen (secondary N) is 3. The van der Waals surface area contributed by atoms with Crippen LogP contribution in [0.25, 0.3) is 0 Å². The topological polar surface area (TPSA) is 70.2 Å². The van der Waals surface area contributed by atoms with Crippen LogP contribution in [-0.4, -0.2) is 24.9 Å². The fourth-order valence-electron chi connectivity index (χ4n) is 2.75. The highest BCUT2D eigenvalue weighted by molar-refractivity contribution is 6.04. The van der Waals surface area contributed by atoms with E-state index >= 15 is 0 Å². The lowest BCUT2D eigenvalue weighted by Gasteiger charge is -2.21. The molecular weight excluding hydrogens is 302 g/mol. The number of piperidine rings is 1. The van der Waals surface area contributed by atoms with Crippen LogP contribution < -0.4 is 16.0 Å². The second-order valence-corrected chi connectivity index (χ2v) is 5.93. The van der Waals surface area contributed by atoms with Gasteiger partial charge in [0.15, 0.2) is 0 Å². The summed E-state index contributed by atoms with van der Waals surface area (Å²) >= 11 is 0. The van der Waals surface area contributed by atoms with E-state index in [1.165, 1.54) is 0 Å². The van der Waals surface area contributed by atoms with Gasteiger partial charge < -0.3 is 16.0 Å². The molecule has 3 N–H and O–H groups in total. The molecular formula is C19H21N3O2. The predicted octanol–water partition coefficient (Wildman–Crippen LogP) is 2.88. The van der Waals surface area contributed by atoms with Crippen LogP contribution in [0.4, 0.5) is 11.4 Å². The molecule has 1 unspecified atom stereocenters. The number of benzene rings is 2. The summed E-state index contributed by atoms with van der Waals surface area (Å²) < 4.78 is 0. The standard InChI is InChI=1S/C19H21N3O2/c23-18(14-5-2-1-3-6-14)21-16-8-10-17(11-9-16)22-19(24)15-7-4-12-20-13-15/h1-3,5-6,8-11,15,20H,4,7,12-13H2,(H,21,23)(H,22,24). The van der Waals surface area contributed by atoms with E-state index in [0.717, 1.165) is 31.6 Å². The molecule has 2 aromatic carbocycles. The summed E-state index contributed by atoms with van der Waals surface area (Å²) in [7, 11) is 0. The molecule has 2 amide bonds. The highest BCUT2D eigenvalue weighted by Gasteiger charge is 2.20. The molecule has 1 atom stereocenters. The maximum Gasteiger partial charge on any atom is 0.255 e. The van der Waals surface area contributed by atoms with Gasteiger partial charge in [0, 0.05) is 23.5 Å². The van der Waals surface area contributed by atoms with Gasteiger partial charge >= 0.3 is 0 Å². The second-order valence-electron chi connectivity index (χ2n) is 5.93. The van der Waals surface area contributed by atoms with E-state index in [4.69, 9.17) is 0 Å². The molecule has 1 saturated heterocycles. The van der Waals surface area contributed by atoms with Crippen molar-refractivity contribution in [3.05, 3.63) is 60.2 Å². The van der Waals surface area contributed by atoms with E-state index in [9.17, 15) is 9.59 Å². The smallest absolute Gasteiger partial charge is 0.255 e. The summed E-state index contributed by atoms with van der Waals surface area (Å²) in [6, 6.07) is 16.2. The number of carbonyl (C=O) groups excluding carboxylic acids is 2. The third kappa shape index (κ3) is 4.20. The largest absolute Gasteiger partial charge is 0.326 e. The Hall–Kier alpha value is -2.66. The van der Waals surface area contributed by atoms with Gasteiger partial charge in [-0.2, -0.15) is 0 Å². The zero-order chi connectivity index (χ0) is 16.8. The van der Waals surface area contributed by atoms with Gasteiger partial charge in [-0.15, -0.1) is 0 Å². The van der Waals surface area contributed by atoms with Crippen molar-refractivity contribution < 1.29 is 9.59 Å². The zero-order valence-electron chi connectivity index (χ0n) is 13.4. The van der Waals surface area contributed by atoms with Crippen LogP contribution in [0.2, 0.25) is 0 Å². The summed E-state index contributed by atoms with van der Waals surface area (Å²) in [6.45, 7) is 1.72. The van der Waals surface area contributed by atoms with Crippen LogP contribution in [0.15, 0.2) is 54.6 Å². The molecule has 0 bridgehead atoms. The van der Waals surface area contributed by atoms with E-state index < -0.39 is 0 Å². The average Bonchev–Trinajstić information content (AvgIpc) is 2.65. The second kappa shape index (κ2) is 7.75. The summed E-state index contributed by atoms with van der Waals surface area (Å²) in [5, 5.41) is 9.01. The Morgan fingerprint density at radius 2 is 1.58 bits per heavy atom. The molecule has 1 heterocycles. The molecule has 0 aliphatic carbocycles. The van der Waals surface area contributed by atoms with E-state index in [-0.39, 0.29) is 17.7 Å². The fourth-order valence-corrected chi connectivity index (χ4v) is 2.75. The third-order valence-corrected chi connectivity index (χ3v) is 4.11. The van der Waals surface area contributed by atoms with E-state index in [1.54, 1.807) is 36.4 Å². The Morgan fingerprint density at radius 3 is 2.21 bits per heavy atom. The Labute approximate surface area is 141 Å². The maximum absolute atomic E-state index is 12.2. The molecule has 5 nitrogen and oxygen atoms in total. The van der Waals surface area contributed by atoms with Crippen LogP contribution in [0, 0.1) is 5.92 Å². The van der Waals surface area contributed by atoms with E-state index in [0.29, 0.717) is 11.3 Å². The van der Waals surface area contributed by atoms with Gasteiger partial charge in [-0.1, -0.05) is 18.2 Å². The molecule has 0 aromatic heterocycles. The van der Waals surface area contributed by atoms with Crippen molar-refractivity contribution in [1.82, 2.24) is 5.32 Å².